The molecule has 1 N–H and O–H groups in total. The molecule has 3 heterocycles. The zero-order chi connectivity index (χ0) is 22.1. The van der Waals surface area contributed by atoms with Gasteiger partial charge in [0, 0.05) is 16.6 Å². The highest BCUT2D eigenvalue weighted by atomic mass is 32.2. The zero-order valence-electron chi connectivity index (χ0n) is 16.5. The van der Waals surface area contributed by atoms with Crippen LogP contribution < -0.4 is 20.5 Å². The van der Waals surface area contributed by atoms with Gasteiger partial charge in [0.2, 0.25) is 5.91 Å². The molecule has 2 aromatic carbocycles. The lowest BCUT2D eigenvalue weighted by molar-refractivity contribution is -0.117. The minimum Gasteiger partial charge on any atom is -0.486 e. The third kappa shape index (κ3) is 4.14. The van der Waals surface area contributed by atoms with Crippen molar-refractivity contribution in [1.29, 1.82) is 0 Å². The molecule has 1 aliphatic rings. The van der Waals surface area contributed by atoms with E-state index in [1.165, 1.54) is 23.9 Å². The Kier molecular flexibility index (Phi) is 5.23. The number of rotatable bonds is 5. The van der Waals surface area contributed by atoms with Gasteiger partial charge in [-0.05, 0) is 42.5 Å². The molecule has 0 unspecified atom stereocenters. The number of nitrogens with one attached hydrogen (secondary N) is 1. The summed E-state index contributed by atoms with van der Waals surface area (Å²) >= 11 is 1.21. The van der Waals surface area contributed by atoms with E-state index >= 15 is 0 Å². The van der Waals surface area contributed by atoms with Gasteiger partial charge in [-0.2, -0.15) is 9.61 Å². The van der Waals surface area contributed by atoms with Crippen molar-refractivity contribution in [2.45, 2.75) is 16.5 Å². The molecule has 9 nitrogen and oxygen atoms in total. The summed E-state index contributed by atoms with van der Waals surface area (Å²) in [6.45, 7) is 0.628. The largest absolute Gasteiger partial charge is 0.486 e. The first-order valence-corrected chi connectivity index (χ1v) is 10.5. The first-order valence-electron chi connectivity index (χ1n) is 9.65. The monoisotopic (exact) mass is 453 g/mol. The molecule has 0 saturated heterocycles. The number of halogens is 1. The summed E-state index contributed by atoms with van der Waals surface area (Å²) in [5.74, 6) is 0.377. The van der Waals surface area contributed by atoms with Crippen LogP contribution in [-0.4, -0.2) is 38.5 Å². The van der Waals surface area contributed by atoms with E-state index in [9.17, 15) is 14.0 Å². The smallest absolute Gasteiger partial charge is 0.367 e. The second-order valence-corrected chi connectivity index (χ2v) is 7.94. The van der Waals surface area contributed by atoms with Crippen molar-refractivity contribution in [2.75, 3.05) is 18.5 Å². The molecule has 2 aromatic heterocycles. The number of amides is 1. The highest BCUT2D eigenvalue weighted by Crippen LogP contribution is 2.32. The first-order chi connectivity index (χ1) is 15.5. The molecule has 0 aliphatic carbocycles. The number of aromatic nitrogens is 4. The molecule has 0 saturated carbocycles. The van der Waals surface area contributed by atoms with E-state index in [1.807, 2.05) is 0 Å². The van der Waals surface area contributed by atoms with E-state index in [0.29, 0.717) is 46.0 Å². The van der Waals surface area contributed by atoms with Gasteiger partial charge in [0.25, 0.3) is 0 Å². The van der Waals surface area contributed by atoms with Gasteiger partial charge in [0.15, 0.2) is 17.1 Å². The van der Waals surface area contributed by atoms with Gasteiger partial charge < -0.3 is 14.8 Å². The van der Waals surface area contributed by atoms with Gasteiger partial charge in [0.05, 0.1) is 0 Å². The molecule has 0 fully saturated rings. The molecule has 11 heteroatoms. The van der Waals surface area contributed by atoms with E-state index in [0.717, 1.165) is 9.20 Å². The van der Waals surface area contributed by atoms with Gasteiger partial charge in [-0.25, -0.2) is 13.9 Å². The highest BCUT2D eigenvalue weighted by molar-refractivity contribution is 7.99. The summed E-state index contributed by atoms with van der Waals surface area (Å²) in [7, 11) is 0. The maximum Gasteiger partial charge on any atom is 0.367 e. The predicted molar refractivity (Wildman–Crippen MR) is 114 cm³/mol. The number of fused-ring (bicyclic) bond motifs is 2. The van der Waals surface area contributed by atoms with Crippen LogP contribution in [-0.2, 0) is 11.3 Å². The van der Waals surface area contributed by atoms with E-state index < -0.39 is 11.6 Å². The van der Waals surface area contributed by atoms with Crippen molar-refractivity contribution in [3.8, 4) is 11.5 Å². The van der Waals surface area contributed by atoms with Crippen molar-refractivity contribution in [1.82, 2.24) is 19.4 Å². The quantitative estimate of drug-likeness (QED) is 0.496. The third-order valence-corrected chi connectivity index (χ3v) is 5.47. The summed E-state index contributed by atoms with van der Waals surface area (Å²) in [6, 6.07) is 14.4. The van der Waals surface area contributed by atoms with Gasteiger partial charge in [-0.15, -0.1) is 5.10 Å². The second-order valence-electron chi connectivity index (χ2n) is 6.85. The van der Waals surface area contributed by atoms with Gasteiger partial charge in [-0.1, -0.05) is 17.8 Å². The summed E-state index contributed by atoms with van der Waals surface area (Å²) in [5, 5.41) is 11.6. The van der Waals surface area contributed by atoms with Gasteiger partial charge >= 0.3 is 5.69 Å². The number of nitrogens with zero attached hydrogens (tertiary/aromatic N) is 4. The minimum absolute atomic E-state index is 0.289. The highest BCUT2D eigenvalue weighted by Gasteiger charge is 2.15. The van der Waals surface area contributed by atoms with Crippen molar-refractivity contribution in [2.24, 2.45) is 0 Å². The lowest BCUT2D eigenvalue weighted by Gasteiger charge is -2.18. The van der Waals surface area contributed by atoms with E-state index in [4.69, 9.17) is 9.47 Å². The molecule has 0 spiro atoms. The van der Waals surface area contributed by atoms with E-state index in [-0.39, 0.29) is 12.4 Å². The summed E-state index contributed by atoms with van der Waals surface area (Å²) in [5.41, 5.74) is 0.257. The van der Waals surface area contributed by atoms with Crippen molar-refractivity contribution in [3.05, 3.63) is 70.9 Å². The number of anilines is 1. The maximum atomic E-state index is 13.4. The Morgan fingerprint density at radius 1 is 1.06 bits per heavy atom. The lowest BCUT2D eigenvalue weighted by Crippen LogP contribution is -2.29. The Hall–Kier alpha value is -3.86. The number of benzene rings is 2. The fourth-order valence-electron chi connectivity index (χ4n) is 3.16. The molecule has 4 aromatic rings. The Balaban J connectivity index is 1.32. The van der Waals surface area contributed by atoms with Crippen LogP contribution in [0.3, 0.4) is 0 Å². The standard InChI is InChI=1S/C21H16FN5O4S/c22-13-2-1-3-15(10-13)32-20-7-6-18-24-26(21(29)27(18)25-20)12-19(28)23-14-4-5-16-17(11-14)31-9-8-30-16/h1-7,10-11H,8-9,12H2,(H,23,28). The van der Waals surface area contributed by atoms with Crippen LogP contribution in [0.5, 0.6) is 11.5 Å². The maximum absolute atomic E-state index is 13.4. The van der Waals surface area contributed by atoms with Gasteiger partial charge in [-0.3, -0.25) is 4.79 Å². The Bertz CT molecular complexity index is 1390. The Labute approximate surface area is 184 Å². The summed E-state index contributed by atoms with van der Waals surface area (Å²) in [4.78, 5) is 25.8. The normalized spacial score (nSPS) is 12.7. The Morgan fingerprint density at radius 3 is 2.75 bits per heavy atom. The van der Waals surface area contributed by atoms with Gasteiger partial charge in [0.1, 0.15) is 30.6 Å². The summed E-state index contributed by atoms with van der Waals surface area (Å²) in [6.07, 6.45) is 0. The lowest BCUT2D eigenvalue weighted by atomic mass is 10.2. The number of carbonyl (C=O) groups is 1. The van der Waals surface area contributed by atoms with E-state index in [1.54, 1.807) is 42.5 Å². The molecule has 5 rings (SSSR count). The fraction of sp³-hybridized carbons (Fsp3) is 0.143. The average molecular weight is 453 g/mol. The van der Waals surface area contributed by atoms with Crippen molar-refractivity contribution < 1.29 is 18.7 Å². The van der Waals surface area contributed by atoms with Crippen LogP contribution in [0.15, 0.2) is 69.3 Å². The second kappa shape index (κ2) is 8.35. The Morgan fingerprint density at radius 2 is 1.91 bits per heavy atom. The first kappa shape index (κ1) is 20.1. The van der Waals surface area contributed by atoms with Crippen LogP contribution in [0.25, 0.3) is 5.65 Å². The van der Waals surface area contributed by atoms with Crippen LogP contribution in [0.2, 0.25) is 0 Å². The molecule has 162 valence electrons. The zero-order valence-corrected chi connectivity index (χ0v) is 17.3. The summed E-state index contributed by atoms with van der Waals surface area (Å²) < 4.78 is 26.5. The molecular weight excluding hydrogens is 437 g/mol. The molecular formula is C21H16FN5O4S. The van der Waals surface area contributed by atoms with Crippen molar-refractivity contribution >= 4 is 29.0 Å². The SMILES string of the molecule is O=C(Cn1nc2ccc(Sc3cccc(F)c3)nn2c1=O)Nc1ccc2c(c1)OCCO2. The van der Waals surface area contributed by atoms with Crippen LogP contribution in [0, 0.1) is 5.82 Å². The molecule has 1 amide bonds. The van der Waals surface area contributed by atoms with Crippen molar-refractivity contribution in [3.63, 3.8) is 0 Å². The molecule has 1 aliphatic heterocycles. The molecule has 0 atom stereocenters. The number of ether oxygens (including phenoxy) is 2. The average Bonchev–Trinajstić information content (AvgIpc) is 3.08. The number of hydrogen-bond donors (Lipinski definition) is 1. The topological polar surface area (TPSA) is 99.8 Å². The van der Waals surface area contributed by atoms with Crippen LogP contribution in [0.4, 0.5) is 10.1 Å². The fourth-order valence-corrected chi connectivity index (χ4v) is 3.98. The number of carbonyl (C=O) groups excluding carboxylic acids is 1. The number of hydrogen-bond acceptors (Lipinski definition) is 7. The molecule has 0 radical (unpaired) electrons. The van der Waals surface area contributed by atoms with Crippen LogP contribution in [0.1, 0.15) is 0 Å². The van der Waals surface area contributed by atoms with E-state index in [2.05, 4.69) is 15.5 Å². The minimum atomic E-state index is -0.556. The third-order valence-electron chi connectivity index (χ3n) is 4.55. The van der Waals surface area contributed by atoms with Crippen LogP contribution >= 0.6 is 11.8 Å². The predicted octanol–water partition coefficient (Wildman–Crippen LogP) is 2.59. The molecule has 32 heavy (non-hydrogen) atoms. The molecule has 0 bridgehead atoms.